The monoisotopic (exact) mass is 141 g/mol. The van der Waals surface area contributed by atoms with Gasteiger partial charge in [0.2, 0.25) is 0 Å². The number of furan rings is 1. The summed E-state index contributed by atoms with van der Waals surface area (Å²) < 4.78 is 4.96. The summed E-state index contributed by atoms with van der Waals surface area (Å²) >= 11 is 0. The van der Waals surface area contributed by atoms with Crippen molar-refractivity contribution in [3.8, 4) is 0 Å². The lowest BCUT2D eigenvalue weighted by molar-refractivity contribution is 0.0433. The fourth-order valence-electron chi connectivity index (χ4n) is 0.686. The minimum atomic E-state index is -1.02. The summed E-state index contributed by atoms with van der Waals surface area (Å²) in [5.74, 6) is 0.509. The Balaban J connectivity index is 2.85. The van der Waals surface area contributed by atoms with Crippen LogP contribution in [0.25, 0.3) is 0 Å². The standard InChI is InChI=1S/C7H11NO2/c1-7(9,5-8)6-3-2-4-10-6/h2-4,9H,5,8H2,1H3/t7-/m0/s1. The van der Waals surface area contributed by atoms with Gasteiger partial charge in [0.25, 0.3) is 0 Å². The molecule has 0 aliphatic heterocycles. The molecular weight excluding hydrogens is 130 g/mol. The van der Waals surface area contributed by atoms with E-state index in [0.717, 1.165) is 0 Å². The van der Waals surface area contributed by atoms with Crippen LogP contribution < -0.4 is 5.73 Å². The molecule has 0 spiro atoms. The smallest absolute Gasteiger partial charge is 0.136 e. The summed E-state index contributed by atoms with van der Waals surface area (Å²) in [5, 5.41) is 9.46. The van der Waals surface area contributed by atoms with E-state index in [9.17, 15) is 5.11 Å². The Morgan fingerprint density at radius 3 is 2.90 bits per heavy atom. The zero-order valence-corrected chi connectivity index (χ0v) is 5.87. The second-order valence-corrected chi connectivity index (χ2v) is 2.46. The SMILES string of the molecule is C[C@](O)(CN)c1ccco1. The van der Waals surface area contributed by atoms with Gasteiger partial charge in [-0.1, -0.05) is 0 Å². The Kier molecular flexibility index (Phi) is 1.78. The Hall–Kier alpha value is -0.800. The van der Waals surface area contributed by atoms with Crippen molar-refractivity contribution in [2.75, 3.05) is 6.54 Å². The highest BCUT2D eigenvalue weighted by atomic mass is 16.4. The first kappa shape index (κ1) is 7.31. The topological polar surface area (TPSA) is 59.4 Å². The van der Waals surface area contributed by atoms with Crippen LogP contribution in [0.15, 0.2) is 22.8 Å². The van der Waals surface area contributed by atoms with Crippen LogP contribution in [0.3, 0.4) is 0 Å². The number of hydrogen-bond acceptors (Lipinski definition) is 3. The molecule has 0 aliphatic carbocycles. The van der Waals surface area contributed by atoms with E-state index in [1.807, 2.05) is 0 Å². The zero-order chi connectivity index (χ0) is 7.61. The first-order valence-electron chi connectivity index (χ1n) is 3.13. The van der Waals surface area contributed by atoms with Crippen LogP contribution >= 0.6 is 0 Å². The molecule has 0 saturated heterocycles. The van der Waals surface area contributed by atoms with Crippen LogP contribution in [0.2, 0.25) is 0 Å². The Morgan fingerprint density at radius 2 is 2.50 bits per heavy atom. The molecule has 0 unspecified atom stereocenters. The third-order valence-corrected chi connectivity index (χ3v) is 1.45. The quantitative estimate of drug-likeness (QED) is 0.628. The largest absolute Gasteiger partial charge is 0.466 e. The lowest BCUT2D eigenvalue weighted by Crippen LogP contribution is -2.30. The van der Waals surface area contributed by atoms with Gasteiger partial charge in [0, 0.05) is 6.54 Å². The van der Waals surface area contributed by atoms with E-state index in [2.05, 4.69) is 0 Å². The van der Waals surface area contributed by atoms with Gasteiger partial charge in [-0.25, -0.2) is 0 Å². The number of aliphatic hydroxyl groups is 1. The van der Waals surface area contributed by atoms with E-state index < -0.39 is 5.60 Å². The van der Waals surface area contributed by atoms with Gasteiger partial charge in [0.15, 0.2) is 0 Å². The molecule has 0 radical (unpaired) electrons. The highest BCUT2D eigenvalue weighted by Crippen LogP contribution is 2.18. The van der Waals surface area contributed by atoms with Crippen molar-refractivity contribution in [2.45, 2.75) is 12.5 Å². The molecular formula is C7H11NO2. The molecule has 0 amide bonds. The summed E-state index contributed by atoms with van der Waals surface area (Å²) in [6.07, 6.45) is 1.51. The van der Waals surface area contributed by atoms with Gasteiger partial charge >= 0.3 is 0 Å². The first-order chi connectivity index (χ1) is 4.67. The highest BCUT2D eigenvalue weighted by molar-refractivity contribution is 5.07. The Morgan fingerprint density at radius 1 is 1.80 bits per heavy atom. The summed E-state index contributed by atoms with van der Waals surface area (Å²) in [6, 6.07) is 3.42. The van der Waals surface area contributed by atoms with Gasteiger partial charge in [-0.3, -0.25) is 0 Å². The maximum Gasteiger partial charge on any atom is 0.136 e. The summed E-state index contributed by atoms with van der Waals surface area (Å²) in [6.45, 7) is 1.78. The van der Waals surface area contributed by atoms with Crippen molar-refractivity contribution in [3.05, 3.63) is 24.2 Å². The highest BCUT2D eigenvalue weighted by Gasteiger charge is 2.23. The predicted molar refractivity (Wildman–Crippen MR) is 37.3 cm³/mol. The van der Waals surface area contributed by atoms with E-state index in [4.69, 9.17) is 10.2 Å². The van der Waals surface area contributed by atoms with E-state index in [-0.39, 0.29) is 6.54 Å². The fraction of sp³-hybridized carbons (Fsp3) is 0.429. The van der Waals surface area contributed by atoms with Gasteiger partial charge < -0.3 is 15.3 Å². The number of nitrogens with two attached hydrogens (primary N) is 1. The van der Waals surface area contributed by atoms with Crippen LogP contribution in [0.5, 0.6) is 0 Å². The maximum atomic E-state index is 9.46. The third-order valence-electron chi connectivity index (χ3n) is 1.45. The normalized spacial score (nSPS) is 16.7. The van der Waals surface area contributed by atoms with Crippen molar-refractivity contribution in [1.29, 1.82) is 0 Å². The van der Waals surface area contributed by atoms with Crippen molar-refractivity contribution in [2.24, 2.45) is 5.73 Å². The van der Waals surface area contributed by atoms with Gasteiger partial charge in [-0.05, 0) is 19.1 Å². The van der Waals surface area contributed by atoms with Crippen LogP contribution in [-0.2, 0) is 5.60 Å². The average Bonchev–Trinajstić information content (AvgIpc) is 2.38. The lowest BCUT2D eigenvalue weighted by Gasteiger charge is -2.17. The summed E-state index contributed by atoms with van der Waals surface area (Å²) in [5.41, 5.74) is 4.26. The van der Waals surface area contributed by atoms with E-state index in [1.165, 1.54) is 6.26 Å². The van der Waals surface area contributed by atoms with E-state index in [0.29, 0.717) is 5.76 Å². The van der Waals surface area contributed by atoms with Gasteiger partial charge in [-0.2, -0.15) is 0 Å². The second kappa shape index (κ2) is 2.44. The molecule has 1 heterocycles. The number of hydrogen-bond donors (Lipinski definition) is 2. The zero-order valence-electron chi connectivity index (χ0n) is 5.87. The van der Waals surface area contributed by atoms with Crippen molar-refractivity contribution >= 4 is 0 Å². The van der Waals surface area contributed by atoms with E-state index >= 15 is 0 Å². The van der Waals surface area contributed by atoms with Crippen molar-refractivity contribution < 1.29 is 9.52 Å². The average molecular weight is 141 g/mol. The summed E-state index contributed by atoms with van der Waals surface area (Å²) in [7, 11) is 0. The molecule has 56 valence electrons. The van der Waals surface area contributed by atoms with E-state index in [1.54, 1.807) is 19.1 Å². The fourth-order valence-corrected chi connectivity index (χ4v) is 0.686. The second-order valence-electron chi connectivity index (χ2n) is 2.46. The minimum absolute atomic E-state index is 0.167. The molecule has 0 saturated carbocycles. The molecule has 1 aromatic heterocycles. The maximum absolute atomic E-state index is 9.46. The summed E-state index contributed by atoms with van der Waals surface area (Å²) in [4.78, 5) is 0. The lowest BCUT2D eigenvalue weighted by atomic mass is 10.1. The molecule has 0 aromatic carbocycles. The molecule has 3 heteroatoms. The van der Waals surface area contributed by atoms with Crippen LogP contribution in [0.4, 0.5) is 0 Å². The molecule has 1 atom stereocenters. The van der Waals surface area contributed by atoms with Crippen molar-refractivity contribution in [1.82, 2.24) is 0 Å². The van der Waals surface area contributed by atoms with Crippen LogP contribution in [0.1, 0.15) is 12.7 Å². The Bertz CT molecular complexity index is 191. The Labute approximate surface area is 59.5 Å². The molecule has 1 aromatic rings. The van der Waals surface area contributed by atoms with Gasteiger partial charge in [0.05, 0.1) is 6.26 Å². The van der Waals surface area contributed by atoms with Crippen LogP contribution in [0, 0.1) is 0 Å². The van der Waals surface area contributed by atoms with Gasteiger partial charge in [0.1, 0.15) is 11.4 Å². The molecule has 3 N–H and O–H groups in total. The minimum Gasteiger partial charge on any atom is -0.466 e. The third kappa shape index (κ3) is 1.20. The predicted octanol–water partition coefficient (Wildman–Crippen LogP) is 0.446. The molecule has 3 nitrogen and oxygen atoms in total. The molecule has 1 rings (SSSR count). The molecule has 0 aliphatic rings. The molecule has 10 heavy (non-hydrogen) atoms. The molecule has 0 fully saturated rings. The first-order valence-corrected chi connectivity index (χ1v) is 3.13. The van der Waals surface area contributed by atoms with Crippen molar-refractivity contribution in [3.63, 3.8) is 0 Å². The molecule has 0 bridgehead atoms. The van der Waals surface area contributed by atoms with Gasteiger partial charge in [-0.15, -0.1) is 0 Å². The number of rotatable bonds is 2. The van der Waals surface area contributed by atoms with Crippen LogP contribution in [-0.4, -0.2) is 11.7 Å².